The summed E-state index contributed by atoms with van der Waals surface area (Å²) in [5.41, 5.74) is 1.54. The van der Waals surface area contributed by atoms with E-state index in [-0.39, 0.29) is 12.2 Å². The molecule has 0 saturated heterocycles. The Labute approximate surface area is 128 Å². The fourth-order valence-corrected chi connectivity index (χ4v) is 2.18. The van der Waals surface area contributed by atoms with E-state index in [0.717, 1.165) is 10.9 Å². The maximum atomic E-state index is 12.1. The van der Waals surface area contributed by atoms with Crippen molar-refractivity contribution in [3.8, 4) is 5.75 Å². The summed E-state index contributed by atoms with van der Waals surface area (Å²) in [5, 5.41) is 0.779. The van der Waals surface area contributed by atoms with Crippen molar-refractivity contribution in [1.29, 1.82) is 0 Å². The molecule has 0 atom stereocenters. The fourth-order valence-electron chi connectivity index (χ4n) is 2.18. The molecular formula is C16H19NO5. The first kappa shape index (κ1) is 16.0. The Kier molecular flexibility index (Phi) is 5.16. The van der Waals surface area contributed by atoms with Crippen LogP contribution in [0, 0.1) is 6.92 Å². The van der Waals surface area contributed by atoms with Crippen molar-refractivity contribution >= 4 is 16.9 Å². The van der Waals surface area contributed by atoms with Crippen molar-refractivity contribution in [2.75, 3.05) is 26.9 Å². The molecule has 0 spiro atoms. The molecule has 1 aromatic heterocycles. The molecule has 1 heterocycles. The highest BCUT2D eigenvalue weighted by Gasteiger charge is 2.16. The molecule has 2 aromatic rings. The Morgan fingerprint density at radius 1 is 1.23 bits per heavy atom. The number of H-pyrrole nitrogens is 1. The highest BCUT2D eigenvalue weighted by atomic mass is 16.5. The second kappa shape index (κ2) is 7.09. The van der Waals surface area contributed by atoms with Gasteiger partial charge in [-0.3, -0.25) is 4.79 Å². The normalized spacial score (nSPS) is 10.7. The average molecular weight is 305 g/mol. The number of nitrogens with one attached hydrogen (secondary N) is 1. The molecule has 0 radical (unpaired) electrons. The molecular weight excluding hydrogens is 286 g/mol. The van der Waals surface area contributed by atoms with Crippen molar-refractivity contribution in [3.05, 3.63) is 39.7 Å². The number of benzene rings is 1. The molecule has 118 valence electrons. The topological polar surface area (TPSA) is 77.6 Å². The van der Waals surface area contributed by atoms with E-state index in [9.17, 15) is 9.59 Å². The maximum absolute atomic E-state index is 12.1. The van der Waals surface area contributed by atoms with Crippen LogP contribution in [0.5, 0.6) is 5.75 Å². The summed E-state index contributed by atoms with van der Waals surface area (Å²) in [6.07, 6.45) is 0. The van der Waals surface area contributed by atoms with Gasteiger partial charge >= 0.3 is 5.97 Å². The van der Waals surface area contributed by atoms with Crippen LogP contribution in [0.15, 0.2) is 23.0 Å². The minimum absolute atomic E-state index is 0.197. The van der Waals surface area contributed by atoms with Gasteiger partial charge in [0.1, 0.15) is 17.9 Å². The van der Waals surface area contributed by atoms with Gasteiger partial charge in [0.15, 0.2) is 0 Å². The van der Waals surface area contributed by atoms with E-state index in [4.69, 9.17) is 14.2 Å². The smallest absolute Gasteiger partial charge is 0.341 e. The van der Waals surface area contributed by atoms with Gasteiger partial charge in [0.2, 0.25) is 5.56 Å². The lowest BCUT2D eigenvalue weighted by atomic mass is 10.1. The lowest BCUT2D eigenvalue weighted by molar-refractivity contribution is 0.0520. The molecule has 1 aromatic carbocycles. The third-order valence-electron chi connectivity index (χ3n) is 3.19. The van der Waals surface area contributed by atoms with Crippen LogP contribution >= 0.6 is 0 Å². The Bertz CT molecular complexity index is 735. The lowest BCUT2D eigenvalue weighted by Gasteiger charge is -2.13. The first-order valence-corrected chi connectivity index (χ1v) is 7.03. The van der Waals surface area contributed by atoms with Crippen LogP contribution in [0.4, 0.5) is 0 Å². The van der Waals surface area contributed by atoms with E-state index in [1.54, 1.807) is 26.2 Å². The predicted octanol–water partition coefficient (Wildman–Crippen LogP) is 2.04. The molecule has 22 heavy (non-hydrogen) atoms. The summed E-state index contributed by atoms with van der Waals surface area (Å²) in [5.74, 6) is -0.0910. The van der Waals surface area contributed by atoms with Gasteiger partial charge < -0.3 is 19.2 Å². The van der Waals surface area contributed by atoms with Gasteiger partial charge in [-0.25, -0.2) is 4.79 Å². The number of hydrogen-bond donors (Lipinski definition) is 1. The molecule has 0 aliphatic rings. The van der Waals surface area contributed by atoms with Gasteiger partial charge in [-0.1, -0.05) is 0 Å². The summed E-state index contributed by atoms with van der Waals surface area (Å²) in [6.45, 7) is 4.53. The summed E-state index contributed by atoms with van der Waals surface area (Å²) in [6, 6.07) is 4.81. The first-order chi connectivity index (χ1) is 10.6. The summed E-state index contributed by atoms with van der Waals surface area (Å²) >= 11 is 0. The SMILES string of the molecule is CCOC(=O)c1cc2c(C)cc(=O)[nH]c2cc1OCCOC. The van der Waals surface area contributed by atoms with Crippen molar-refractivity contribution in [2.45, 2.75) is 13.8 Å². The van der Waals surface area contributed by atoms with Crippen LogP contribution < -0.4 is 10.3 Å². The van der Waals surface area contributed by atoms with E-state index < -0.39 is 5.97 Å². The molecule has 0 bridgehead atoms. The molecule has 1 N–H and O–H groups in total. The largest absolute Gasteiger partial charge is 0.490 e. The van der Waals surface area contributed by atoms with Crippen LogP contribution in [0.25, 0.3) is 10.9 Å². The average Bonchev–Trinajstić information content (AvgIpc) is 2.47. The van der Waals surface area contributed by atoms with Crippen molar-refractivity contribution in [3.63, 3.8) is 0 Å². The number of ether oxygens (including phenoxy) is 3. The highest BCUT2D eigenvalue weighted by molar-refractivity contribution is 5.98. The highest BCUT2D eigenvalue weighted by Crippen LogP contribution is 2.27. The molecule has 2 rings (SSSR count). The number of esters is 1. The van der Waals surface area contributed by atoms with E-state index in [0.29, 0.717) is 30.0 Å². The number of fused-ring (bicyclic) bond motifs is 1. The summed E-state index contributed by atoms with van der Waals surface area (Å²) in [7, 11) is 1.57. The monoisotopic (exact) mass is 305 g/mol. The van der Waals surface area contributed by atoms with Crippen molar-refractivity contribution in [2.24, 2.45) is 0 Å². The van der Waals surface area contributed by atoms with Crippen molar-refractivity contribution < 1.29 is 19.0 Å². The van der Waals surface area contributed by atoms with Gasteiger partial charge in [-0.15, -0.1) is 0 Å². The maximum Gasteiger partial charge on any atom is 0.341 e. The molecule has 0 aliphatic carbocycles. The quantitative estimate of drug-likeness (QED) is 0.653. The number of methoxy groups -OCH3 is 1. The van der Waals surface area contributed by atoms with Gasteiger partial charge in [-0.2, -0.15) is 0 Å². The van der Waals surface area contributed by atoms with E-state index in [1.807, 2.05) is 6.92 Å². The number of aromatic nitrogens is 1. The fraction of sp³-hybridized carbons (Fsp3) is 0.375. The molecule has 0 aliphatic heterocycles. The van der Waals surface area contributed by atoms with Gasteiger partial charge in [0, 0.05) is 24.6 Å². The van der Waals surface area contributed by atoms with Crippen LogP contribution in [-0.2, 0) is 9.47 Å². The van der Waals surface area contributed by atoms with Gasteiger partial charge in [0.25, 0.3) is 0 Å². The van der Waals surface area contributed by atoms with Crippen LogP contribution in [0.2, 0.25) is 0 Å². The number of carbonyl (C=O) groups excluding carboxylic acids is 1. The van der Waals surface area contributed by atoms with Crippen LogP contribution in [0.1, 0.15) is 22.8 Å². The number of pyridine rings is 1. The zero-order valence-corrected chi connectivity index (χ0v) is 12.9. The number of aromatic amines is 1. The van der Waals surface area contributed by atoms with E-state index in [2.05, 4.69) is 4.98 Å². The second-order valence-electron chi connectivity index (χ2n) is 4.77. The Morgan fingerprint density at radius 3 is 2.68 bits per heavy atom. The molecule has 0 saturated carbocycles. The zero-order chi connectivity index (χ0) is 16.1. The van der Waals surface area contributed by atoms with Crippen LogP contribution in [0.3, 0.4) is 0 Å². The predicted molar refractivity (Wildman–Crippen MR) is 82.6 cm³/mol. The van der Waals surface area contributed by atoms with Crippen molar-refractivity contribution in [1.82, 2.24) is 4.98 Å². The molecule has 0 unspecified atom stereocenters. The lowest BCUT2D eigenvalue weighted by Crippen LogP contribution is -2.12. The molecule has 6 nitrogen and oxygen atoms in total. The number of hydrogen-bond acceptors (Lipinski definition) is 5. The third kappa shape index (κ3) is 3.46. The number of carbonyl (C=O) groups is 1. The minimum Gasteiger partial charge on any atom is -0.490 e. The number of rotatable bonds is 6. The second-order valence-corrected chi connectivity index (χ2v) is 4.77. The van der Waals surface area contributed by atoms with Gasteiger partial charge in [-0.05, 0) is 25.5 Å². The Morgan fingerprint density at radius 2 is 2.00 bits per heavy atom. The summed E-state index contributed by atoms with van der Waals surface area (Å²) in [4.78, 5) is 26.4. The molecule has 0 fully saturated rings. The summed E-state index contributed by atoms with van der Waals surface area (Å²) < 4.78 is 15.6. The van der Waals surface area contributed by atoms with E-state index in [1.165, 1.54) is 6.07 Å². The third-order valence-corrected chi connectivity index (χ3v) is 3.19. The first-order valence-electron chi connectivity index (χ1n) is 7.03. The zero-order valence-electron chi connectivity index (χ0n) is 12.9. The Hall–Kier alpha value is -2.34. The minimum atomic E-state index is -0.456. The standard InChI is InChI=1S/C16H19NO5/c1-4-21-16(19)12-8-11-10(2)7-15(18)17-13(11)9-14(12)22-6-5-20-3/h7-9H,4-6H2,1-3H3,(H,17,18). The number of aryl methyl sites for hydroxylation is 1. The van der Waals surface area contributed by atoms with Crippen LogP contribution in [-0.4, -0.2) is 37.9 Å². The molecule has 6 heteroatoms. The van der Waals surface area contributed by atoms with Gasteiger partial charge in [0.05, 0.1) is 18.7 Å². The molecule has 0 amide bonds. The van der Waals surface area contributed by atoms with E-state index >= 15 is 0 Å². The Balaban J connectivity index is 2.54.